The molecule has 2 N–H and O–H groups in total. The summed E-state index contributed by atoms with van der Waals surface area (Å²) in [6.07, 6.45) is 2.04. The largest absolute Gasteiger partial charge is 0.396 e. The number of nitrogens with zero attached hydrogens (tertiary/aromatic N) is 3. The maximum atomic E-state index is 12.9. The number of hydrogen-bond donors (Lipinski definition) is 1. The second-order valence-electron chi connectivity index (χ2n) is 2.78. The summed E-state index contributed by atoms with van der Waals surface area (Å²) in [5.74, 6) is 0.334. The van der Waals surface area contributed by atoms with Crippen LogP contribution in [0.5, 0.6) is 0 Å². The van der Waals surface area contributed by atoms with Gasteiger partial charge in [0, 0.05) is 18.7 Å². The van der Waals surface area contributed by atoms with Crippen LogP contribution in [0.3, 0.4) is 0 Å². The number of halogens is 1. The fourth-order valence-corrected chi connectivity index (χ4v) is 1.27. The van der Waals surface area contributed by atoms with Crippen LogP contribution in [0.2, 0.25) is 0 Å². The van der Waals surface area contributed by atoms with Gasteiger partial charge in [-0.2, -0.15) is 0 Å². The molecule has 13 heavy (non-hydrogen) atoms. The Balaban J connectivity index is 2.82. The fraction of sp³-hybridized carbons (Fsp3) is 0.250. The minimum atomic E-state index is -0.375. The number of hydrogen-bond acceptors (Lipinski definition) is 3. The molecule has 0 saturated carbocycles. The van der Waals surface area contributed by atoms with Gasteiger partial charge in [-0.15, -0.1) is 10.2 Å². The van der Waals surface area contributed by atoms with E-state index in [4.69, 9.17) is 5.73 Å². The molecular formula is C8H9FN4. The third-order valence-electron chi connectivity index (χ3n) is 1.89. The molecule has 0 atom stereocenters. The van der Waals surface area contributed by atoms with Gasteiger partial charge in [-0.1, -0.05) is 6.92 Å². The van der Waals surface area contributed by atoms with Crippen LogP contribution in [0.25, 0.3) is 5.65 Å². The van der Waals surface area contributed by atoms with Crippen molar-refractivity contribution in [2.24, 2.45) is 0 Å². The van der Waals surface area contributed by atoms with Crippen LogP contribution in [0, 0.1) is 5.82 Å². The van der Waals surface area contributed by atoms with Crippen molar-refractivity contribution < 1.29 is 4.39 Å². The summed E-state index contributed by atoms with van der Waals surface area (Å²) in [4.78, 5) is 0. The summed E-state index contributed by atoms with van der Waals surface area (Å²) in [5.41, 5.74) is 6.39. The van der Waals surface area contributed by atoms with Crippen LogP contribution >= 0.6 is 0 Å². The van der Waals surface area contributed by atoms with Crippen molar-refractivity contribution >= 4 is 11.3 Å². The number of aryl methyl sites for hydroxylation is 1. The van der Waals surface area contributed by atoms with E-state index in [0.29, 0.717) is 23.6 Å². The number of aromatic nitrogens is 3. The maximum absolute atomic E-state index is 12.9. The first kappa shape index (κ1) is 7.97. The van der Waals surface area contributed by atoms with Crippen LogP contribution in [0.1, 0.15) is 12.7 Å². The van der Waals surface area contributed by atoms with Crippen LogP contribution in [-0.4, -0.2) is 14.6 Å². The molecule has 0 fully saturated rings. The SMILES string of the molecule is CCc1nnc2c(N)cc(F)cn12. The first-order valence-corrected chi connectivity index (χ1v) is 4.01. The van der Waals surface area contributed by atoms with Gasteiger partial charge in [-0.3, -0.25) is 4.40 Å². The summed E-state index contributed by atoms with van der Waals surface area (Å²) in [7, 11) is 0. The molecule has 0 aromatic carbocycles. The molecule has 0 spiro atoms. The van der Waals surface area contributed by atoms with Gasteiger partial charge in [-0.05, 0) is 0 Å². The maximum Gasteiger partial charge on any atom is 0.184 e. The number of pyridine rings is 1. The summed E-state index contributed by atoms with van der Waals surface area (Å²) in [6.45, 7) is 1.93. The lowest BCUT2D eigenvalue weighted by atomic mass is 10.4. The third kappa shape index (κ3) is 1.12. The fourth-order valence-electron chi connectivity index (χ4n) is 1.27. The van der Waals surface area contributed by atoms with Crippen molar-refractivity contribution in [3.8, 4) is 0 Å². The quantitative estimate of drug-likeness (QED) is 0.712. The van der Waals surface area contributed by atoms with Crippen molar-refractivity contribution in [1.29, 1.82) is 0 Å². The highest BCUT2D eigenvalue weighted by Crippen LogP contribution is 2.14. The molecule has 0 saturated heterocycles. The molecule has 5 heteroatoms. The first-order chi connectivity index (χ1) is 6.22. The average Bonchev–Trinajstić information content (AvgIpc) is 2.47. The molecule has 0 aliphatic heterocycles. The molecule has 68 valence electrons. The normalized spacial score (nSPS) is 10.9. The Kier molecular flexibility index (Phi) is 1.65. The highest BCUT2D eigenvalue weighted by atomic mass is 19.1. The van der Waals surface area contributed by atoms with Crippen molar-refractivity contribution in [2.75, 3.05) is 5.73 Å². The number of nitrogens with two attached hydrogens (primary N) is 1. The average molecular weight is 180 g/mol. The van der Waals surface area contributed by atoms with Crippen LogP contribution in [0.4, 0.5) is 10.1 Å². The van der Waals surface area contributed by atoms with E-state index in [1.54, 1.807) is 4.40 Å². The van der Waals surface area contributed by atoms with Gasteiger partial charge >= 0.3 is 0 Å². The third-order valence-corrected chi connectivity index (χ3v) is 1.89. The Morgan fingerprint density at radius 1 is 1.54 bits per heavy atom. The topological polar surface area (TPSA) is 56.2 Å². The van der Waals surface area contributed by atoms with E-state index in [2.05, 4.69) is 10.2 Å². The van der Waals surface area contributed by atoms with Gasteiger partial charge < -0.3 is 5.73 Å². The van der Waals surface area contributed by atoms with E-state index < -0.39 is 0 Å². The molecule has 0 unspecified atom stereocenters. The molecule has 2 aromatic heterocycles. The molecule has 0 aliphatic carbocycles. The second-order valence-corrected chi connectivity index (χ2v) is 2.78. The van der Waals surface area contributed by atoms with Crippen molar-refractivity contribution in [3.05, 3.63) is 23.9 Å². The minimum absolute atomic E-state index is 0.312. The Bertz CT molecular complexity index is 449. The lowest BCUT2D eigenvalue weighted by molar-refractivity contribution is 0.618. The van der Waals surface area contributed by atoms with Gasteiger partial charge in [0.05, 0.1) is 5.69 Å². The summed E-state index contributed by atoms with van der Waals surface area (Å²) in [5, 5.41) is 7.73. The minimum Gasteiger partial charge on any atom is -0.396 e. The molecule has 0 bridgehead atoms. The molecule has 0 amide bonds. The Hall–Kier alpha value is -1.65. The number of fused-ring (bicyclic) bond motifs is 1. The molecular weight excluding hydrogens is 171 g/mol. The Morgan fingerprint density at radius 2 is 2.31 bits per heavy atom. The Labute approximate surface area is 74.2 Å². The van der Waals surface area contributed by atoms with Crippen molar-refractivity contribution in [1.82, 2.24) is 14.6 Å². The Morgan fingerprint density at radius 3 is 3.00 bits per heavy atom. The van der Waals surface area contributed by atoms with Crippen molar-refractivity contribution in [2.45, 2.75) is 13.3 Å². The van der Waals surface area contributed by atoms with Crippen LogP contribution in [-0.2, 0) is 6.42 Å². The van der Waals surface area contributed by atoms with Gasteiger partial charge in [0.15, 0.2) is 5.65 Å². The number of anilines is 1. The molecule has 2 aromatic rings. The van der Waals surface area contributed by atoms with E-state index in [-0.39, 0.29) is 5.82 Å². The van der Waals surface area contributed by atoms with Crippen molar-refractivity contribution in [3.63, 3.8) is 0 Å². The molecule has 0 radical (unpaired) electrons. The van der Waals surface area contributed by atoms with Gasteiger partial charge in [0.1, 0.15) is 11.6 Å². The van der Waals surface area contributed by atoms with E-state index >= 15 is 0 Å². The zero-order chi connectivity index (χ0) is 9.42. The predicted molar refractivity (Wildman–Crippen MR) is 46.7 cm³/mol. The monoisotopic (exact) mass is 180 g/mol. The van der Waals surface area contributed by atoms with Gasteiger partial charge in [-0.25, -0.2) is 4.39 Å². The van der Waals surface area contributed by atoms with E-state index in [1.807, 2.05) is 6.92 Å². The lowest BCUT2D eigenvalue weighted by Crippen LogP contribution is -1.97. The predicted octanol–water partition coefficient (Wildman–Crippen LogP) is 1.01. The molecule has 0 aliphatic rings. The van der Waals surface area contributed by atoms with Crippen LogP contribution < -0.4 is 5.73 Å². The van der Waals surface area contributed by atoms with Gasteiger partial charge in [0.25, 0.3) is 0 Å². The summed E-state index contributed by atoms with van der Waals surface area (Å²) >= 11 is 0. The van der Waals surface area contributed by atoms with E-state index in [0.717, 1.165) is 0 Å². The highest BCUT2D eigenvalue weighted by molar-refractivity contribution is 5.63. The number of nitrogen functional groups attached to an aromatic ring is 1. The molecule has 2 rings (SSSR count). The summed E-state index contributed by atoms with van der Waals surface area (Å²) < 4.78 is 14.5. The zero-order valence-corrected chi connectivity index (χ0v) is 7.16. The smallest absolute Gasteiger partial charge is 0.184 e. The second kappa shape index (κ2) is 2.69. The zero-order valence-electron chi connectivity index (χ0n) is 7.16. The van der Waals surface area contributed by atoms with E-state index in [9.17, 15) is 4.39 Å². The van der Waals surface area contributed by atoms with Gasteiger partial charge in [0.2, 0.25) is 0 Å². The molecule has 4 nitrogen and oxygen atoms in total. The number of rotatable bonds is 1. The first-order valence-electron chi connectivity index (χ1n) is 4.01. The van der Waals surface area contributed by atoms with E-state index in [1.165, 1.54) is 12.3 Å². The lowest BCUT2D eigenvalue weighted by Gasteiger charge is -1.98. The highest BCUT2D eigenvalue weighted by Gasteiger charge is 2.07. The standard InChI is InChI=1S/C8H9FN4/c1-2-7-11-12-8-6(10)3-5(9)4-13(7)8/h3-4H,2,10H2,1H3. The van der Waals surface area contributed by atoms with Crippen LogP contribution in [0.15, 0.2) is 12.3 Å². The summed E-state index contributed by atoms with van der Waals surface area (Å²) in [6, 6.07) is 1.24. The molecule has 2 heterocycles.